The van der Waals surface area contributed by atoms with Gasteiger partial charge in [-0.15, -0.1) is 0 Å². The summed E-state index contributed by atoms with van der Waals surface area (Å²) in [6.45, 7) is 2.81. The Morgan fingerprint density at radius 2 is 1.47 bits per heavy atom. The lowest BCUT2D eigenvalue weighted by molar-refractivity contribution is 0.0695. The van der Waals surface area contributed by atoms with Crippen molar-refractivity contribution in [3.63, 3.8) is 0 Å². The van der Waals surface area contributed by atoms with Crippen molar-refractivity contribution in [2.75, 3.05) is 11.5 Å². The molecule has 0 spiro atoms. The van der Waals surface area contributed by atoms with Gasteiger partial charge in [-0.05, 0) is 67.1 Å². The van der Waals surface area contributed by atoms with Crippen molar-refractivity contribution in [3.05, 3.63) is 132 Å². The number of aromatic nitrogens is 1. The number of anilines is 2. The van der Waals surface area contributed by atoms with E-state index in [1.165, 1.54) is 0 Å². The molecule has 0 saturated carbocycles. The van der Waals surface area contributed by atoms with Crippen LogP contribution in [0.15, 0.2) is 114 Å². The highest BCUT2D eigenvalue weighted by Crippen LogP contribution is 2.30. The molecule has 5 rings (SSSR count). The van der Waals surface area contributed by atoms with Gasteiger partial charge in [-0.2, -0.15) is 0 Å². The molecule has 0 fully saturated rings. The summed E-state index contributed by atoms with van der Waals surface area (Å²) < 4.78 is 11.9. The van der Waals surface area contributed by atoms with Gasteiger partial charge in [-0.1, -0.05) is 54.6 Å². The standard InChI is InChI=1S/C32H28N2O4/c1-23-30(33-31(38-23)24-10-4-2-5-11-24)20-21-37-28-18-16-27(17-19-28)34(26-13-6-3-7-14-26)22-25-12-8-9-15-29(25)32(35)36/h2-19H,20-22H2,1H3,(H,35,36). The predicted octanol–water partition coefficient (Wildman–Crippen LogP) is 7.31. The number of hydrogen-bond donors (Lipinski definition) is 1. The van der Waals surface area contributed by atoms with Gasteiger partial charge in [0.1, 0.15) is 11.5 Å². The minimum atomic E-state index is -0.935. The molecule has 1 heterocycles. The van der Waals surface area contributed by atoms with Crippen LogP contribution in [-0.2, 0) is 13.0 Å². The van der Waals surface area contributed by atoms with E-state index in [-0.39, 0.29) is 0 Å². The number of ether oxygens (including phenoxy) is 1. The molecule has 0 bridgehead atoms. The lowest BCUT2D eigenvalue weighted by Crippen LogP contribution is -2.18. The van der Waals surface area contributed by atoms with E-state index in [1.54, 1.807) is 12.1 Å². The third kappa shape index (κ3) is 5.76. The lowest BCUT2D eigenvalue weighted by atomic mass is 10.1. The summed E-state index contributed by atoms with van der Waals surface area (Å²) in [5.74, 6) is 1.23. The van der Waals surface area contributed by atoms with Gasteiger partial charge < -0.3 is 19.2 Å². The molecule has 4 aromatic carbocycles. The van der Waals surface area contributed by atoms with Crippen LogP contribution >= 0.6 is 0 Å². The molecule has 6 nitrogen and oxygen atoms in total. The van der Waals surface area contributed by atoms with Gasteiger partial charge in [0.2, 0.25) is 5.89 Å². The molecule has 0 unspecified atom stereocenters. The second-order valence-electron chi connectivity index (χ2n) is 8.86. The fraction of sp³-hybridized carbons (Fsp3) is 0.125. The molecule has 0 amide bonds. The van der Waals surface area contributed by atoms with Crippen LogP contribution in [0.5, 0.6) is 5.75 Å². The summed E-state index contributed by atoms with van der Waals surface area (Å²) in [7, 11) is 0. The van der Waals surface area contributed by atoms with Gasteiger partial charge in [0.15, 0.2) is 0 Å². The SMILES string of the molecule is Cc1oc(-c2ccccc2)nc1CCOc1ccc(N(Cc2ccccc2C(=O)O)c2ccccc2)cc1. The van der Waals surface area contributed by atoms with Crippen molar-refractivity contribution in [3.8, 4) is 17.2 Å². The van der Waals surface area contributed by atoms with Crippen LogP contribution in [0.25, 0.3) is 11.5 Å². The Labute approximate surface area is 221 Å². The van der Waals surface area contributed by atoms with E-state index >= 15 is 0 Å². The first-order valence-corrected chi connectivity index (χ1v) is 12.5. The van der Waals surface area contributed by atoms with E-state index < -0.39 is 5.97 Å². The molecular weight excluding hydrogens is 476 g/mol. The topological polar surface area (TPSA) is 75.8 Å². The molecule has 0 aliphatic rings. The average Bonchev–Trinajstić information content (AvgIpc) is 3.33. The second-order valence-corrected chi connectivity index (χ2v) is 8.86. The summed E-state index contributed by atoms with van der Waals surface area (Å²) in [5, 5.41) is 9.65. The van der Waals surface area contributed by atoms with Crippen molar-refractivity contribution >= 4 is 17.3 Å². The first-order chi connectivity index (χ1) is 18.6. The lowest BCUT2D eigenvalue weighted by Gasteiger charge is -2.26. The molecule has 0 saturated heterocycles. The number of hydrogen-bond acceptors (Lipinski definition) is 5. The van der Waals surface area contributed by atoms with Gasteiger partial charge in [0, 0.05) is 29.9 Å². The van der Waals surface area contributed by atoms with Crippen molar-refractivity contribution in [2.24, 2.45) is 0 Å². The van der Waals surface area contributed by atoms with Crippen molar-refractivity contribution in [1.29, 1.82) is 0 Å². The van der Waals surface area contributed by atoms with Gasteiger partial charge in [0.25, 0.3) is 0 Å². The zero-order valence-electron chi connectivity index (χ0n) is 21.1. The third-order valence-electron chi connectivity index (χ3n) is 6.31. The zero-order valence-corrected chi connectivity index (χ0v) is 21.1. The molecule has 5 aromatic rings. The molecule has 0 aliphatic carbocycles. The van der Waals surface area contributed by atoms with Gasteiger partial charge >= 0.3 is 5.97 Å². The van der Waals surface area contributed by atoms with E-state index in [4.69, 9.17) is 9.15 Å². The summed E-state index contributed by atoms with van der Waals surface area (Å²) in [5.41, 5.74) is 4.77. The molecule has 6 heteroatoms. The normalized spacial score (nSPS) is 10.8. The fourth-order valence-electron chi connectivity index (χ4n) is 4.33. The minimum Gasteiger partial charge on any atom is -0.493 e. The van der Waals surface area contributed by atoms with Crippen molar-refractivity contribution in [1.82, 2.24) is 4.98 Å². The Balaban J connectivity index is 1.28. The number of aromatic carboxylic acids is 1. The quantitative estimate of drug-likeness (QED) is 0.215. The maximum atomic E-state index is 11.8. The highest BCUT2D eigenvalue weighted by molar-refractivity contribution is 5.89. The first kappa shape index (κ1) is 24.8. The summed E-state index contributed by atoms with van der Waals surface area (Å²) in [6.07, 6.45) is 0.631. The van der Waals surface area contributed by atoms with Crippen molar-refractivity contribution in [2.45, 2.75) is 19.9 Å². The monoisotopic (exact) mass is 504 g/mol. The molecule has 38 heavy (non-hydrogen) atoms. The predicted molar refractivity (Wildman–Crippen MR) is 148 cm³/mol. The molecule has 0 radical (unpaired) electrons. The van der Waals surface area contributed by atoms with E-state index in [0.29, 0.717) is 31.0 Å². The number of carboxylic acids is 1. The Bertz CT molecular complexity index is 1500. The highest BCUT2D eigenvalue weighted by atomic mass is 16.5. The van der Waals surface area contributed by atoms with Gasteiger partial charge in [-0.25, -0.2) is 9.78 Å². The number of rotatable bonds is 10. The van der Waals surface area contributed by atoms with Gasteiger partial charge in [0.05, 0.1) is 17.9 Å². The molecule has 0 aliphatic heterocycles. The van der Waals surface area contributed by atoms with Crippen molar-refractivity contribution < 1.29 is 19.1 Å². The van der Waals surface area contributed by atoms with Crippen LogP contribution < -0.4 is 9.64 Å². The van der Waals surface area contributed by atoms with E-state index in [1.807, 2.05) is 104 Å². The molecular formula is C32H28N2O4. The number of para-hydroxylation sites is 1. The molecule has 190 valence electrons. The minimum absolute atomic E-state index is 0.298. The Morgan fingerprint density at radius 3 is 2.18 bits per heavy atom. The summed E-state index contributed by atoms with van der Waals surface area (Å²) in [4.78, 5) is 18.5. The van der Waals surface area contributed by atoms with Gasteiger partial charge in [-0.3, -0.25) is 0 Å². The number of carbonyl (C=O) groups is 1. The number of oxazole rings is 1. The van der Waals surface area contributed by atoms with Crippen LogP contribution in [0.1, 0.15) is 27.4 Å². The summed E-state index contributed by atoms with van der Waals surface area (Å²) in [6, 6.07) is 34.7. The summed E-state index contributed by atoms with van der Waals surface area (Å²) >= 11 is 0. The first-order valence-electron chi connectivity index (χ1n) is 12.5. The Morgan fingerprint density at radius 1 is 0.842 bits per heavy atom. The Kier molecular flexibility index (Phi) is 7.50. The van der Waals surface area contributed by atoms with Crippen LogP contribution in [-0.4, -0.2) is 22.7 Å². The van der Waals surface area contributed by atoms with E-state index in [0.717, 1.165) is 39.7 Å². The Hall–Kier alpha value is -4.84. The highest BCUT2D eigenvalue weighted by Gasteiger charge is 2.16. The number of aryl methyl sites for hydroxylation is 1. The molecule has 1 aromatic heterocycles. The van der Waals surface area contributed by atoms with Crippen LogP contribution in [0.4, 0.5) is 11.4 Å². The molecule has 1 N–H and O–H groups in total. The average molecular weight is 505 g/mol. The van der Waals surface area contributed by atoms with Crippen LogP contribution in [0.2, 0.25) is 0 Å². The van der Waals surface area contributed by atoms with E-state index in [2.05, 4.69) is 9.88 Å². The molecule has 0 atom stereocenters. The smallest absolute Gasteiger partial charge is 0.336 e. The largest absolute Gasteiger partial charge is 0.493 e. The zero-order chi connectivity index (χ0) is 26.3. The van der Waals surface area contributed by atoms with Crippen LogP contribution in [0.3, 0.4) is 0 Å². The maximum absolute atomic E-state index is 11.8. The maximum Gasteiger partial charge on any atom is 0.336 e. The third-order valence-corrected chi connectivity index (χ3v) is 6.31. The van der Waals surface area contributed by atoms with Crippen LogP contribution in [0, 0.1) is 6.92 Å². The number of nitrogens with zero attached hydrogens (tertiary/aromatic N) is 2. The fourth-order valence-corrected chi connectivity index (χ4v) is 4.33. The number of benzene rings is 4. The van der Waals surface area contributed by atoms with E-state index in [9.17, 15) is 9.90 Å². The number of carboxylic acid groups (broad SMARTS) is 1. The second kappa shape index (κ2) is 11.5.